The van der Waals surface area contributed by atoms with Crippen molar-refractivity contribution in [3.63, 3.8) is 0 Å². The van der Waals surface area contributed by atoms with Crippen molar-refractivity contribution in [1.29, 1.82) is 0 Å². The summed E-state index contributed by atoms with van der Waals surface area (Å²) in [6, 6.07) is 11.2. The van der Waals surface area contributed by atoms with E-state index in [1.807, 2.05) is 7.05 Å². The standard InChI is InChI=1S/C18H32N4/c1-6-16(3)22(5)13-12-20-18(19-4)21-14-15(2)17-10-8-7-9-11-17/h7-11,15-16H,6,12-14H2,1-5H3,(H2,19,20,21). The van der Waals surface area contributed by atoms with Crippen molar-refractivity contribution in [3.8, 4) is 0 Å². The molecule has 0 aliphatic rings. The zero-order chi connectivity index (χ0) is 16.4. The number of hydrogen-bond donors (Lipinski definition) is 2. The topological polar surface area (TPSA) is 39.7 Å². The molecule has 0 amide bonds. The Morgan fingerprint density at radius 3 is 2.45 bits per heavy atom. The van der Waals surface area contributed by atoms with Crippen molar-refractivity contribution in [3.05, 3.63) is 35.9 Å². The van der Waals surface area contributed by atoms with Gasteiger partial charge in [-0.2, -0.15) is 0 Å². The first-order valence-electron chi connectivity index (χ1n) is 8.28. The van der Waals surface area contributed by atoms with E-state index in [-0.39, 0.29) is 0 Å². The number of nitrogens with zero attached hydrogens (tertiary/aromatic N) is 2. The maximum atomic E-state index is 4.29. The van der Waals surface area contributed by atoms with Crippen molar-refractivity contribution in [2.24, 2.45) is 4.99 Å². The first kappa shape index (κ1) is 18.5. The van der Waals surface area contributed by atoms with Gasteiger partial charge in [0.05, 0.1) is 0 Å². The molecule has 124 valence electrons. The van der Waals surface area contributed by atoms with Crippen molar-refractivity contribution in [2.75, 3.05) is 33.7 Å². The van der Waals surface area contributed by atoms with Crippen LogP contribution in [-0.2, 0) is 0 Å². The van der Waals surface area contributed by atoms with Gasteiger partial charge < -0.3 is 15.5 Å². The van der Waals surface area contributed by atoms with Gasteiger partial charge in [0.1, 0.15) is 0 Å². The van der Waals surface area contributed by atoms with E-state index >= 15 is 0 Å². The molecule has 0 fully saturated rings. The van der Waals surface area contributed by atoms with Crippen molar-refractivity contribution in [2.45, 2.75) is 39.2 Å². The van der Waals surface area contributed by atoms with Gasteiger partial charge in [-0.3, -0.25) is 4.99 Å². The molecule has 0 spiro atoms. The van der Waals surface area contributed by atoms with Crippen molar-refractivity contribution < 1.29 is 0 Å². The molecule has 4 nitrogen and oxygen atoms in total. The van der Waals surface area contributed by atoms with Crippen LogP contribution < -0.4 is 10.6 Å². The lowest BCUT2D eigenvalue weighted by Gasteiger charge is -2.24. The van der Waals surface area contributed by atoms with Crippen LogP contribution in [0.5, 0.6) is 0 Å². The highest BCUT2D eigenvalue weighted by Gasteiger charge is 2.08. The molecule has 0 saturated heterocycles. The molecular formula is C18H32N4. The van der Waals surface area contributed by atoms with Crippen LogP contribution in [0.4, 0.5) is 0 Å². The maximum absolute atomic E-state index is 4.29. The fraction of sp³-hybridized carbons (Fsp3) is 0.611. The minimum absolute atomic E-state index is 0.461. The molecule has 0 radical (unpaired) electrons. The van der Waals surface area contributed by atoms with Gasteiger partial charge in [0.25, 0.3) is 0 Å². The summed E-state index contributed by atoms with van der Waals surface area (Å²) in [5.41, 5.74) is 1.35. The molecule has 1 aromatic carbocycles. The largest absolute Gasteiger partial charge is 0.356 e. The quantitative estimate of drug-likeness (QED) is 0.573. The molecule has 2 unspecified atom stereocenters. The summed E-state index contributed by atoms with van der Waals surface area (Å²) in [7, 11) is 3.99. The van der Waals surface area contributed by atoms with E-state index in [2.05, 4.69) is 78.7 Å². The van der Waals surface area contributed by atoms with Crippen LogP contribution in [0.15, 0.2) is 35.3 Å². The summed E-state index contributed by atoms with van der Waals surface area (Å²) >= 11 is 0. The molecule has 0 bridgehead atoms. The first-order chi connectivity index (χ1) is 10.6. The Morgan fingerprint density at radius 2 is 1.86 bits per heavy atom. The molecule has 4 heteroatoms. The fourth-order valence-electron chi connectivity index (χ4n) is 2.25. The van der Waals surface area contributed by atoms with Crippen molar-refractivity contribution in [1.82, 2.24) is 15.5 Å². The second-order valence-electron chi connectivity index (χ2n) is 5.93. The van der Waals surface area contributed by atoms with Crippen LogP contribution in [0, 0.1) is 0 Å². The molecule has 0 heterocycles. The van der Waals surface area contributed by atoms with Gasteiger partial charge in [-0.1, -0.05) is 44.2 Å². The van der Waals surface area contributed by atoms with Crippen LogP contribution in [0.2, 0.25) is 0 Å². The van der Waals surface area contributed by atoms with E-state index < -0.39 is 0 Å². The van der Waals surface area contributed by atoms with Gasteiger partial charge in [0.2, 0.25) is 0 Å². The van der Waals surface area contributed by atoms with Gasteiger partial charge in [-0.15, -0.1) is 0 Å². The summed E-state index contributed by atoms with van der Waals surface area (Å²) in [5, 5.41) is 6.79. The van der Waals surface area contributed by atoms with Crippen LogP contribution in [-0.4, -0.2) is 50.6 Å². The number of hydrogen-bond acceptors (Lipinski definition) is 2. The van der Waals surface area contributed by atoms with Gasteiger partial charge in [-0.05, 0) is 31.9 Å². The Bertz CT molecular complexity index is 430. The van der Waals surface area contributed by atoms with E-state index in [4.69, 9.17) is 0 Å². The van der Waals surface area contributed by atoms with E-state index in [1.165, 1.54) is 12.0 Å². The lowest BCUT2D eigenvalue weighted by atomic mass is 10.0. The lowest BCUT2D eigenvalue weighted by molar-refractivity contribution is 0.255. The second kappa shape index (κ2) is 10.2. The molecule has 1 rings (SSSR count). The fourth-order valence-corrected chi connectivity index (χ4v) is 2.25. The smallest absolute Gasteiger partial charge is 0.191 e. The zero-order valence-corrected chi connectivity index (χ0v) is 14.8. The Hall–Kier alpha value is -1.55. The summed E-state index contributed by atoms with van der Waals surface area (Å²) in [5.74, 6) is 1.34. The highest BCUT2D eigenvalue weighted by Crippen LogP contribution is 2.12. The summed E-state index contributed by atoms with van der Waals surface area (Å²) in [4.78, 5) is 6.66. The predicted molar refractivity (Wildman–Crippen MR) is 96.6 cm³/mol. The Morgan fingerprint density at radius 1 is 1.18 bits per heavy atom. The average Bonchev–Trinajstić information content (AvgIpc) is 2.57. The van der Waals surface area contributed by atoms with Gasteiger partial charge in [-0.25, -0.2) is 0 Å². The van der Waals surface area contributed by atoms with Crippen LogP contribution in [0.1, 0.15) is 38.7 Å². The number of benzene rings is 1. The molecule has 2 atom stereocenters. The van der Waals surface area contributed by atoms with Crippen LogP contribution in [0.25, 0.3) is 0 Å². The van der Waals surface area contributed by atoms with Gasteiger partial charge >= 0.3 is 0 Å². The third-order valence-electron chi connectivity index (χ3n) is 4.27. The molecule has 1 aromatic rings. The third-order valence-corrected chi connectivity index (χ3v) is 4.27. The Labute approximate surface area is 136 Å². The number of rotatable bonds is 8. The van der Waals surface area contributed by atoms with Crippen molar-refractivity contribution >= 4 is 5.96 Å². The normalized spacial score (nSPS) is 14.7. The SMILES string of the molecule is CCC(C)N(C)CCNC(=NC)NCC(C)c1ccccc1. The third kappa shape index (κ3) is 6.48. The lowest BCUT2D eigenvalue weighted by Crippen LogP contribution is -2.43. The van der Waals surface area contributed by atoms with Gasteiger partial charge in [0, 0.05) is 32.7 Å². The highest BCUT2D eigenvalue weighted by atomic mass is 15.2. The Balaban J connectivity index is 2.31. The molecule has 22 heavy (non-hydrogen) atoms. The van der Waals surface area contributed by atoms with E-state index in [1.54, 1.807) is 0 Å². The maximum Gasteiger partial charge on any atom is 0.191 e. The number of aliphatic imine (C=N–C) groups is 1. The summed E-state index contributed by atoms with van der Waals surface area (Å²) in [6.07, 6.45) is 1.18. The molecule has 0 saturated carbocycles. The first-order valence-corrected chi connectivity index (χ1v) is 8.28. The summed E-state index contributed by atoms with van der Waals surface area (Å²) in [6.45, 7) is 9.51. The monoisotopic (exact) mass is 304 g/mol. The van der Waals surface area contributed by atoms with Crippen LogP contribution in [0.3, 0.4) is 0 Å². The van der Waals surface area contributed by atoms with Crippen LogP contribution >= 0.6 is 0 Å². The Kier molecular flexibility index (Phi) is 8.60. The minimum Gasteiger partial charge on any atom is -0.356 e. The highest BCUT2D eigenvalue weighted by molar-refractivity contribution is 5.79. The molecule has 0 aromatic heterocycles. The molecular weight excluding hydrogens is 272 g/mol. The zero-order valence-electron chi connectivity index (χ0n) is 14.8. The summed E-state index contributed by atoms with van der Waals surface area (Å²) < 4.78 is 0. The number of nitrogens with one attached hydrogen (secondary N) is 2. The molecule has 2 N–H and O–H groups in total. The predicted octanol–water partition coefficient (Wildman–Crippen LogP) is 2.69. The molecule has 0 aliphatic heterocycles. The van der Waals surface area contributed by atoms with E-state index in [0.29, 0.717) is 12.0 Å². The second-order valence-corrected chi connectivity index (χ2v) is 5.93. The van der Waals surface area contributed by atoms with Gasteiger partial charge in [0.15, 0.2) is 5.96 Å². The van der Waals surface area contributed by atoms with E-state index in [9.17, 15) is 0 Å². The average molecular weight is 304 g/mol. The minimum atomic E-state index is 0.461. The molecule has 0 aliphatic carbocycles. The van der Waals surface area contributed by atoms with E-state index in [0.717, 1.165) is 25.6 Å². The number of guanidine groups is 1. The number of likely N-dealkylation sites (N-methyl/N-ethyl adjacent to an activating group) is 1.